The number of fused-ring (bicyclic) bond motifs is 3. The Balaban J connectivity index is 1.80. The number of aromatic nitrogens is 1. The monoisotopic (exact) mass is 606 g/mol. The van der Waals surface area contributed by atoms with Crippen molar-refractivity contribution in [2.75, 3.05) is 38.7 Å². The van der Waals surface area contributed by atoms with Gasteiger partial charge in [0.05, 0.1) is 45.3 Å². The lowest BCUT2D eigenvalue weighted by Gasteiger charge is -2.19. The van der Waals surface area contributed by atoms with Crippen molar-refractivity contribution >= 4 is 29.3 Å². The fourth-order valence-electron chi connectivity index (χ4n) is 5.32. The molecule has 0 radical (unpaired) electrons. The predicted molar refractivity (Wildman–Crippen MR) is 169 cm³/mol. The van der Waals surface area contributed by atoms with Crippen LogP contribution in [0.1, 0.15) is 42.6 Å². The Kier molecular flexibility index (Phi) is 10.9. The van der Waals surface area contributed by atoms with Crippen LogP contribution in [0.5, 0.6) is 17.2 Å². The first-order chi connectivity index (χ1) is 20.8. The van der Waals surface area contributed by atoms with Gasteiger partial charge in [-0.25, -0.2) is 0 Å². The first kappa shape index (κ1) is 31.7. The van der Waals surface area contributed by atoms with Gasteiger partial charge in [0.2, 0.25) is 23.0 Å². The fourth-order valence-corrected chi connectivity index (χ4v) is 5.79. The van der Waals surface area contributed by atoms with E-state index in [1.165, 1.54) is 6.92 Å². The molecule has 2 aromatic carbocycles. The van der Waals surface area contributed by atoms with Crippen LogP contribution >= 0.6 is 11.8 Å². The highest BCUT2D eigenvalue weighted by Crippen LogP contribution is 2.50. The number of carbonyl (C=O) groups excluding carboxylic acids is 2. The van der Waals surface area contributed by atoms with Crippen molar-refractivity contribution in [3.8, 4) is 28.4 Å². The summed E-state index contributed by atoms with van der Waals surface area (Å²) in [5.41, 5.74) is 3.77. The third-order valence-corrected chi connectivity index (χ3v) is 7.99. The second-order valence-corrected chi connectivity index (χ2v) is 11.1. The van der Waals surface area contributed by atoms with Crippen LogP contribution in [0.25, 0.3) is 11.1 Å². The normalized spacial score (nSPS) is 14.3. The predicted octanol–water partition coefficient (Wildman–Crippen LogP) is 4.11. The van der Waals surface area contributed by atoms with E-state index in [1.807, 2.05) is 36.6 Å². The summed E-state index contributed by atoms with van der Waals surface area (Å²) in [4.78, 5) is 43.5. The van der Waals surface area contributed by atoms with Crippen molar-refractivity contribution in [2.24, 2.45) is 0 Å². The lowest BCUT2D eigenvalue weighted by Crippen LogP contribution is -2.40. The summed E-state index contributed by atoms with van der Waals surface area (Å²) in [6, 6.07) is 11.4. The Labute approximate surface area is 255 Å². The summed E-state index contributed by atoms with van der Waals surface area (Å²) >= 11 is 1.62. The largest absolute Gasteiger partial charge is 0.493 e. The number of carbonyl (C=O) groups is 2. The average Bonchev–Trinajstić information content (AvgIpc) is 3.25. The van der Waals surface area contributed by atoms with E-state index in [4.69, 9.17) is 14.2 Å². The average molecular weight is 607 g/mol. The number of anilines is 1. The minimum Gasteiger partial charge on any atom is -0.493 e. The molecule has 0 spiro atoms. The van der Waals surface area contributed by atoms with E-state index in [-0.39, 0.29) is 29.5 Å². The van der Waals surface area contributed by atoms with E-state index >= 15 is 0 Å². The van der Waals surface area contributed by atoms with Crippen LogP contribution in [0.2, 0.25) is 0 Å². The van der Waals surface area contributed by atoms with Gasteiger partial charge < -0.3 is 30.2 Å². The number of pyridine rings is 1. The van der Waals surface area contributed by atoms with E-state index in [2.05, 4.69) is 20.9 Å². The molecule has 0 saturated carbocycles. The highest BCUT2D eigenvalue weighted by atomic mass is 32.2. The zero-order valence-corrected chi connectivity index (χ0v) is 25.9. The summed E-state index contributed by atoms with van der Waals surface area (Å²) in [7, 11) is 4.67. The van der Waals surface area contributed by atoms with Gasteiger partial charge in [0.25, 0.3) is 0 Å². The van der Waals surface area contributed by atoms with Gasteiger partial charge in [-0.15, -0.1) is 0 Å². The second-order valence-electron chi connectivity index (χ2n) is 10.1. The summed E-state index contributed by atoms with van der Waals surface area (Å²) < 4.78 is 17.1. The molecule has 2 amide bonds. The van der Waals surface area contributed by atoms with E-state index in [0.29, 0.717) is 42.1 Å². The summed E-state index contributed by atoms with van der Waals surface area (Å²) in [5, 5.41) is 9.15. The molecule has 10 nitrogen and oxygen atoms in total. The Morgan fingerprint density at radius 2 is 1.86 bits per heavy atom. The maximum Gasteiger partial charge on any atom is 0.242 e. The Hall–Kier alpha value is -4.25. The summed E-state index contributed by atoms with van der Waals surface area (Å²) in [5.74, 6) is 1.71. The molecule has 11 heteroatoms. The first-order valence-electron chi connectivity index (χ1n) is 14.0. The summed E-state index contributed by atoms with van der Waals surface area (Å²) in [6.07, 6.45) is 5.31. The third kappa shape index (κ3) is 7.40. The number of hydrogen-bond acceptors (Lipinski definition) is 9. The molecule has 0 saturated heterocycles. The molecule has 1 aliphatic rings. The number of methoxy groups -OCH3 is 3. The number of ether oxygens (including phenoxy) is 3. The lowest BCUT2D eigenvalue weighted by molar-refractivity contribution is -0.122. The molecule has 3 aromatic rings. The maximum atomic E-state index is 13.7. The standard InChI is InChI=1S/C32H38N4O6S/c1-19(37)35-24-11-9-20-16-28(40-2)30(41-3)31(42-4)29(20)22-10-12-25(27(38)17-23(22)24)36-26(13-15-43-5)32(39)34-18-21-8-6-7-14-33-21/h6-8,10,12,14,16-17,24,26H,9,11,13,15,18H2,1-5H3,(H,34,39)(H,35,37)(H,36,38)/t24-,26-/m0/s1. The van der Waals surface area contributed by atoms with E-state index in [9.17, 15) is 14.4 Å². The van der Waals surface area contributed by atoms with Crippen LogP contribution in [-0.4, -0.2) is 56.2 Å². The Morgan fingerprint density at radius 1 is 1.07 bits per heavy atom. The van der Waals surface area contributed by atoms with Gasteiger partial charge >= 0.3 is 0 Å². The highest BCUT2D eigenvalue weighted by Gasteiger charge is 2.30. The molecule has 2 atom stereocenters. The first-order valence-corrected chi connectivity index (χ1v) is 15.4. The van der Waals surface area contributed by atoms with E-state index in [0.717, 1.165) is 28.1 Å². The maximum absolute atomic E-state index is 13.7. The second kappa shape index (κ2) is 14.8. The minimum atomic E-state index is -0.650. The molecule has 1 heterocycles. The van der Waals surface area contributed by atoms with Crippen LogP contribution in [-0.2, 0) is 22.6 Å². The molecule has 43 heavy (non-hydrogen) atoms. The number of amides is 2. The van der Waals surface area contributed by atoms with Gasteiger partial charge in [-0.1, -0.05) is 12.1 Å². The van der Waals surface area contributed by atoms with Gasteiger partial charge in [0.1, 0.15) is 6.04 Å². The molecular weight excluding hydrogens is 568 g/mol. The molecule has 0 aliphatic heterocycles. The third-order valence-electron chi connectivity index (χ3n) is 7.34. The molecule has 1 aromatic heterocycles. The van der Waals surface area contributed by atoms with Crippen LogP contribution in [0.4, 0.5) is 5.69 Å². The highest BCUT2D eigenvalue weighted by molar-refractivity contribution is 7.98. The van der Waals surface area contributed by atoms with Crippen LogP contribution in [0.15, 0.2) is 53.5 Å². The molecule has 0 bridgehead atoms. The lowest BCUT2D eigenvalue weighted by atomic mass is 9.95. The van der Waals surface area contributed by atoms with Gasteiger partial charge in [-0.3, -0.25) is 19.4 Å². The number of nitrogens with zero attached hydrogens (tertiary/aromatic N) is 1. The fraction of sp³-hybridized carbons (Fsp3) is 0.375. The number of rotatable bonds is 12. The number of nitrogens with one attached hydrogen (secondary N) is 3. The Morgan fingerprint density at radius 3 is 2.51 bits per heavy atom. The smallest absolute Gasteiger partial charge is 0.242 e. The molecule has 1 aliphatic carbocycles. The zero-order valence-electron chi connectivity index (χ0n) is 25.1. The number of aryl methyl sites for hydroxylation is 1. The van der Waals surface area contributed by atoms with Gasteiger partial charge in [0, 0.05) is 18.7 Å². The number of hydrogen-bond donors (Lipinski definition) is 3. The molecule has 4 rings (SSSR count). The SMILES string of the molecule is COc1cc2c(c(OC)c1OC)-c1ccc(N[C@@H](CCSC)C(=O)NCc3ccccn3)c(=O)cc1[C@@H](NC(C)=O)CC2. The van der Waals surface area contributed by atoms with Crippen molar-refractivity contribution in [3.05, 3.63) is 75.7 Å². The van der Waals surface area contributed by atoms with Crippen molar-refractivity contribution in [1.82, 2.24) is 15.6 Å². The minimum absolute atomic E-state index is 0.206. The van der Waals surface area contributed by atoms with E-state index < -0.39 is 12.1 Å². The zero-order chi connectivity index (χ0) is 30.9. The quantitative estimate of drug-likeness (QED) is 0.279. The van der Waals surface area contributed by atoms with Crippen molar-refractivity contribution in [2.45, 2.75) is 44.8 Å². The number of benzene rings is 1. The van der Waals surface area contributed by atoms with Crippen LogP contribution in [0, 0.1) is 0 Å². The summed E-state index contributed by atoms with van der Waals surface area (Å²) in [6.45, 7) is 1.73. The number of thioether (sulfide) groups is 1. The molecule has 3 N–H and O–H groups in total. The Bertz CT molecular complexity index is 1520. The van der Waals surface area contributed by atoms with Gasteiger partial charge in [0.15, 0.2) is 11.5 Å². The molecule has 0 fully saturated rings. The van der Waals surface area contributed by atoms with E-state index in [1.54, 1.807) is 51.4 Å². The van der Waals surface area contributed by atoms with Crippen molar-refractivity contribution in [1.29, 1.82) is 0 Å². The molecule has 228 valence electrons. The molecular formula is C32H38N4O6S. The van der Waals surface area contributed by atoms with Crippen LogP contribution < -0.4 is 35.6 Å². The van der Waals surface area contributed by atoms with Gasteiger partial charge in [-0.05, 0) is 78.3 Å². The van der Waals surface area contributed by atoms with Crippen LogP contribution in [0.3, 0.4) is 0 Å². The molecule has 0 unspecified atom stereocenters. The topological polar surface area (TPSA) is 128 Å². The van der Waals surface area contributed by atoms with Crippen molar-refractivity contribution in [3.63, 3.8) is 0 Å². The van der Waals surface area contributed by atoms with Crippen molar-refractivity contribution < 1.29 is 23.8 Å². The van der Waals surface area contributed by atoms with Gasteiger partial charge in [-0.2, -0.15) is 11.8 Å².